The molecule has 0 spiro atoms. The lowest BCUT2D eigenvalue weighted by molar-refractivity contribution is 0.773. The van der Waals surface area contributed by atoms with E-state index in [1.54, 1.807) is 0 Å². The van der Waals surface area contributed by atoms with Crippen LogP contribution in [0.5, 0.6) is 0 Å². The van der Waals surface area contributed by atoms with Crippen LogP contribution in [0.4, 0.5) is 11.8 Å². The highest BCUT2D eigenvalue weighted by molar-refractivity contribution is 8.00. The molecule has 0 aromatic carbocycles. The monoisotopic (exact) mass is 278 g/mol. The van der Waals surface area contributed by atoms with Crippen LogP contribution in [0, 0.1) is 0 Å². The number of hydrogen-bond donors (Lipinski definition) is 2. The van der Waals surface area contributed by atoms with E-state index in [2.05, 4.69) is 37.3 Å². The molecular formula is C12H18N6S. The highest BCUT2D eigenvalue weighted by atomic mass is 32.2. The van der Waals surface area contributed by atoms with Gasteiger partial charge in [-0.15, -0.1) is 0 Å². The highest BCUT2D eigenvalue weighted by Gasteiger charge is 2.21. The Bertz CT molecular complexity index is 568. The second-order valence-electron chi connectivity index (χ2n) is 4.66. The van der Waals surface area contributed by atoms with E-state index >= 15 is 0 Å². The molecule has 1 unspecified atom stereocenters. The molecule has 1 fully saturated rings. The maximum atomic E-state index is 4.66. The fraction of sp³-hybridized carbons (Fsp3) is 0.583. The van der Waals surface area contributed by atoms with Gasteiger partial charge < -0.3 is 10.2 Å². The molecule has 1 aliphatic heterocycles. The van der Waals surface area contributed by atoms with E-state index in [1.165, 1.54) is 0 Å². The predicted octanol–water partition coefficient (Wildman–Crippen LogP) is 1.73. The third kappa shape index (κ3) is 2.47. The van der Waals surface area contributed by atoms with Crippen LogP contribution in [0.1, 0.15) is 13.8 Å². The first kappa shape index (κ1) is 12.5. The second kappa shape index (κ2) is 5.24. The Kier molecular flexibility index (Phi) is 3.46. The van der Waals surface area contributed by atoms with Gasteiger partial charge in [0.05, 0.1) is 11.6 Å². The zero-order chi connectivity index (χ0) is 13.2. The van der Waals surface area contributed by atoms with E-state index in [4.69, 9.17) is 0 Å². The molecule has 0 aliphatic carbocycles. The molecule has 1 atom stereocenters. The smallest absolute Gasteiger partial charge is 0.226 e. The number of H-pyrrole nitrogens is 1. The van der Waals surface area contributed by atoms with Gasteiger partial charge in [-0.25, -0.2) is 0 Å². The average Bonchev–Trinajstić information content (AvgIpc) is 2.86. The molecule has 0 radical (unpaired) electrons. The average molecular weight is 278 g/mol. The van der Waals surface area contributed by atoms with Gasteiger partial charge >= 0.3 is 0 Å². The summed E-state index contributed by atoms with van der Waals surface area (Å²) in [5, 5.41) is 11.8. The Morgan fingerprint density at radius 1 is 1.53 bits per heavy atom. The summed E-state index contributed by atoms with van der Waals surface area (Å²) in [6.07, 6.45) is 1.81. The van der Waals surface area contributed by atoms with Gasteiger partial charge in [-0.3, -0.25) is 5.10 Å². The van der Waals surface area contributed by atoms with Crippen LogP contribution in [-0.4, -0.2) is 50.8 Å². The Hall–Kier alpha value is -1.50. The summed E-state index contributed by atoms with van der Waals surface area (Å²) in [5.41, 5.74) is 0.798. The van der Waals surface area contributed by atoms with Crippen molar-refractivity contribution in [1.82, 2.24) is 20.2 Å². The van der Waals surface area contributed by atoms with Crippen LogP contribution in [0.3, 0.4) is 0 Å². The number of nitrogens with one attached hydrogen (secondary N) is 2. The van der Waals surface area contributed by atoms with Gasteiger partial charge in [0.25, 0.3) is 0 Å². The van der Waals surface area contributed by atoms with Crippen LogP contribution in [0.25, 0.3) is 11.0 Å². The molecule has 102 valence electrons. The Morgan fingerprint density at radius 3 is 3.21 bits per heavy atom. The Balaban J connectivity index is 2.02. The van der Waals surface area contributed by atoms with Gasteiger partial charge in [0, 0.05) is 30.6 Å². The first-order valence-electron chi connectivity index (χ1n) is 6.59. The minimum absolute atomic E-state index is 0.633. The number of fused-ring (bicyclic) bond motifs is 1. The second-order valence-corrected chi connectivity index (χ2v) is 6.21. The minimum atomic E-state index is 0.633. The fourth-order valence-corrected chi connectivity index (χ4v) is 3.32. The predicted molar refractivity (Wildman–Crippen MR) is 80.0 cm³/mol. The summed E-state index contributed by atoms with van der Waals surface area (Å²) in [6.45, 7) is 7.16. The summed E-state index contributed by atoms with van der Waals surface area (Å²) >= 11 is 2.01. The van der Waals surface area contributed by atoms with Crippen molar-refractivity contribution in [1.29, 1.82) is 0 Å². The number of rotatable bonds is 3. The number of nitrogens with zero attached hydrogens (tertiary/aromatic N) is 4. The SMILES string of the molecule is CCNc1nc(N2CCSC(C)C2)c2cn[nH]c2n1. The number of aromatic nitrogens is 4. The Morgan fingerprint density at radius 2 is 2.42 bits per heavy atom. The van der Waals surface area contributed by atoms with Gasteiger partial charge in [0.1, 0.15) is 5.82 Å². The topological polar surface area (TPSA) is 69.7 Å². The summed E-state index contributed by atoms with van der Waals surface area (Å²) < 4.78 is 0. The zero-order valence-electron chi connectivity index (χ0n) is 11.2. The lowest BCUT2D eigenvalue weighted by atomic mass is 10.3. The van der Waals surface area contributed by atoms with E-state index in [1.807, 2.05) is 24.9 Å². The lowest BCUT2D eigenvalue weighted by Crippen LogP contribution is -2.37. The third-order valence-corrected chi connectivity index (χ3v) is 4.30. The van der Waals surface area contributed by atoms with Crippen LogP contribution >= 0.6 is 11.8 Å². The van der Waals surface area contributed by atoms with Crippen LogP contribution < -0.4 is 10.2 Å². The maximum absolute atomic E-state index is 4.66. The van der Waals surface area contributed by atoms with Crippen LogP contribution in [0.15, 0.2) is 6.20 Å². The van der Waals surface area contributed by atoms with Gasteiger partial charge in [0.15, 0.2) is 5.65 Å². The van der Waals surface area contributed by atoms with Crippen molar-refractivity contribution < 1.29 is 0 Å². The van der Waals surface area contributed by atoms with Crippen molar-refractivity contribution in [3.05, 3.63) is 6.20 Å². The number of aromatic amines is 1. The lowest BCUT2D eigenvalue weighted by Gasteiger charge is -2.31. The molecule has 2 aromatic rings. The summed E-state index contributed by atoms with van der Waals surface area (Å²) in [5.74, 6) is 2.79. The van der Waals surface area contributed by atoms with E-state index < -0.39 is 0 Å². The van der Waals surface area contributed by atoms with Crippen molar-refractivity contribution in [2.24, 2.45) is 0 Å². The zero-order valence-corrected chi connectivity index (χ0v) is 12.0. The highest BCUT2D eigenvalue weighted by Crippen LogP contribution is 2.28. The number of thioether (sulfide) groups is 1. The molecule has 1 saturated heterocycles. The van der Waals surface area contributed by atoms with E-state index in [9.17, 15) is 0 Å². The third-order valence-electron chi connectivity index (χ3n) is 3.17. The van der Waals surface area contributed by atoms with Gasteiger partial charge in [0.2, 0.25) is 5.95 Å². The van der Waals surface area contributed by atoms with Gasteiger partial charge in [-0.05, 0) is 6.92 Å². The van der Waals surface area contributed by atoms with E-state index in [-0.39, 0.29) is 0 Å². The van der Waals surface area contributed by atoms with Crippen molar-refractivity contribution in [2.45, 2.75) is 19.1 Å². The first-order valence-corrected chi connectivity index (χ1v) is 7.64. The Labute approximate surface area is 116 Å². The van der Waals surface area contributed by atoms with Gasteiger partial charge in [-0.2, -0.15) is 26.8 Å². The molecule has 7 heteroatoms. The summed E-state index contributed by atoms with van der Waals surface area (Å²) in [4.78, 5) is 11.4. The van der Waals surface area contributed by atoms with E-state index in [0.29, 0.717) is 11.2 Å². The summed E-state index contributed by atoms with van der Waals surface area (Å²) in [6, 6.07) is 0. The molecule has 19 heavy (non-hydrogen) atoms. The van der Waals surface area contributed by atoms with Gasteiger partial charge in [-0.1, -0.05) is 6.92 Å². The number of hydrogen-bond acceptors (Lipinski definition) is 6. The van der Waals surface area contributed by atoms with Crippen molar-refractivity contribution >= 4 is 34.6 Å². The molecule has 0 bridgehead atoms. The molecule has 0 saturated carbocycles. The van der Waals surface area contributed by atoms with Crippen molar-refractivity contribution in [2.75, 3.05) is 35.6 Å². The molecule has 6 nitrogen and oxygen atoms in total. The molecule has 0 amide bonds. The largest absolute Gasteiger partial charge is 0.354 e. The normalized spacial score (nSPS) is 19.9. The van der Waals surface area contributed by atoms with Crippen LogP contribution in [0.2, 0.25) is 0 Å². The van der Waals surface area contributed by atoms with Crippen molar-refractivity contribution in [3.8, 4) is 0 Å². The minimum Gasteiger partial charge on any atom is -0.354 e. The molecule has 2 N–H and O–H groups in total. The molecular weight excluding hydrogens is 260 g/mol. The molecule has 1 aliphatic rings. The fourth-order valence-electron chi connectivity index (χ4n) is 2.31. The maximum Gasteiger partial charge on any atom is 0.226 e. The first-order chi connectivity index (χ1) is 9.28. The molecule has 3 heterocycles. The van der Waals surface area contributed by atoms with Crippen LogP contribution in [-0.2, 0) is 0 Å². The quantitative estimate of drug-likeness (QED) is 0.891. The molecule has 2 aromatic heterocycles. The van der Waals surface area contributed by atoms with Crippen molar-refractivity contribution in [3.63, 3.8) is 0 Å². The molecule has 3 rings (SSSR count). The number of anilines is 2. The standard InChI is InChI=1S/C12H18N6S/c1-3-13-12-15-10-9(6-14-17-10)11(16-12)18-4-5-19-8(2)7-18/h6,8H,3-5,7H2,1-2H3,(H2,13,14,15,16,17). The van der Waals surface area contributed by atoms with E-state index in [0.717, 1.165) is 42.2 Å². The summed E-state index contributed by atoms with van der Waals surface area (Å²) in [7, 11) is 0.